The average molecular weight is 344 g/mol. The van der Waals surface area contributed by atoms with E-state index in [-0.39, 0.29) is 0 Å². The molecule has 0 atom stereocenters. The van der Waals surface area contributed by atoms with Gasteiger partial charge in [-0.1, -0.05) is 34.8 Å². The highest BCUT2D eigenvalue weighted by Crippen LogP contribution is 2.31. The minimum absolute atomic E-state index is 0.404. The smallest absolute Gasteiger partial charge is 0.306 e. The SMILES string of the molecule is ClNNc1cc(Cl)c(Cl)cc1Cl.O=S(=O)(O)O. The third-order valence-corrected chi connectivity index (χ3v) is 2.32. The molecule has 0 saturated heterocycles. The van der Waals surface area contributed by atoms with Crippen LogP contribution in [0, 0.1) is 0 Å². The zero-order chi connectivity index (χ0) is 13.6. The molecule has 0 aliphatic carbocycles. The van der Waals surface area contributed by atoms with E-state index in [2.05, 4.69) is 10.4 Å². The summed E-state index contributed by atoms with van der Waals surface area (Å²) in [5.41, 5.74) is 3.15. The van der Waals surface area contributed by atoms with Gasteiger partial charge in [0.05, 0.1) is 20.8 Å². The van der Waals surface area contributed by atoms with Gasteiger partial charge in [-0.05, 0) is 23.9 Å². The number of rotatable bonds is 2. The summed E-state index contributed by atoms with van der Waals surface area (Å²) in [6.07, 6.45) is 0. The first-order chi connectivity index (χ1) is 7.65. The van der Waals surface area contributed by atoms with Crippen LogP contribution in [-0.2, 0) is 10.4 Å². The Morgan fingerprint density at radius 2 is 1.41 bits per heavy atom. The van der Waals surface area contributed by atoms with Crippen molar-refractivity contribution in [1.29, 1.82) is 0 Å². The van der Waals surface area contributed by atoms with E-state index in [1.54, 1.807) is 6.07 Å². The van der Waals surface area contributed by atoms with Gasteiger partial charge < -0.3 is 5.43 Å². The van der Waals surface area contributed by atoms with Gasteiger partial charge in [-0.2, -0.15) is 8.42 Å². The maximum absolute atomic E-state index is 8.74. The lowest BCUT2D eigenvalue weighted by molar-refractivity contribution is 0.381. The Morgan fingerprint density at radius 3 is 1.82 bits per heavy atom. The summed E-state index contributed by atoms with van der Waals surface area (Å²) in [5.74, 6) is 0. The molecule has 0 aliphatic heterocycles. The first kappa shape index (κ1) is 17.0. The van der Waals surface area contributed by atoms with Crippen molar-refractivity contribution in [1.82, 2.24) is 4.94 Å². The van der Waals surface area contributed by atoms with Crippen LogP contribution < -0.4 is 10.4 Å². The van der Waals surface area contributed by atoms with Gasteiger partial charge in [-0.3, -0.25) is 9.11 Å². The maximum Gasteiger partial charge on any atom is 0.394 e. The number of hydrazine groups is 1. The lowest BCUT2D eigenvalue weighted by Gasteiger charge is -2.06. The monoisotopic (exact) mass is 342 g/mol. The predicted octanol–water partition coefficient (Wildman–Crippen LogP) is 3.06. The molecule has 0 fully saturated rings. The largest absolute Gasteiger partial charge is 0.394 e. The Bertz CT molecular complexity index is 473. The Labute approximate surface area is 117 Å². The average Bonchev–Trinajstić information content (AvgIpc) is 2.12. The van der Waals surface area contributed by atoms with Crippen LogP contribution >= 0.6 is 46.6 Å². The molecule has 1 aromatic carbocycles. The number of benzene rings is 1. The molecule has 0 spiro atoms. The van der Waals surface area contributed by atoms with Gasteiger partial charge in [0.25, 0.3) is 0 Å². The van der Waals surface area contributed by atoms with Crippen molar-refractivity contribution >= 4 is 62.7 Å². The summed E-state index contributed by atoms with van der Waals surface area (Å²) in [4.78, 5) is 2.21. The van der Waals surface area contributed by atoms with E-state index in [9.17, 15) is 0 Å². The topological polar surface area (TPSA) is 98.7 Å². The first-order valence-electron chi connectivity index (χ1n) is 3.61. The van der Waals surface area contributed by atoms with Gasteiger partial charge in [0.2, 0.25) is 0 Å². The Morgan fingerprint density at radius 1 is 1.00 bits per heavy atom. The van der Waals surface area contributed by atoms with Crippen LogP contribution in [0.4, 0.5) is 5.69 Å². The second kappa shape index (κ2) is 7.45. The van der Waals surface area contributed by atoms with Crippen molar-refractivity contribution in [3.8, 4) is 0 Å². The van der Waals surface area contributed by atoms with Crippen LogP contribution in [0.5, 0.6) is 0 Å². The van der Waals surface area contributed by atoms with E-state index in [1.165, 1.54) is 6.07 Å². The lowest BCUT2D eigenvalue weighted by Crippen LogP contribution is -2.08. The first-order valence-corrected chi connectivity index (χ1v) is 6.52. The normalized spacial score (nSPS) is 10.5. The number of nitrogens with one attached hydrogen (secondary N) is 2. The molecular formula is C6H6Cl4N2O4S. The molecule has 0 aliphatic rings. The third-order valence-electron chi connectivity index (χ3n) is 1.19. The number of anilines is 1. The molecule has 1 rings (SSSR count). The Hall–Kier alpha value is 0.01000. The zero-order valence-corrected chi connectivity index (χ0v) is 11.6. The molecule has 4 N–H and O–H groups in total. The highest BCUT2D eigenvalue weighted by Gasteiger charge is 2.04. The third kappa shape index (κ3) is 8.70. The molecule has 0 aromatic heterocycles. The van der Waals surface area contributed by atoms with Crippen molar-refractivity contribution in [2.24, 2.45) is 0 Å². The van der Waals surface area contributed by atoms with Gasteiger partial charge >= 0.3 is 10.4 Å². The number of hydrogen-bond donors (Lipinski definition) is 4. The van der Waals surface area contributed by atoms with E-state index in [4.69, 9.17) is 64.1 Å². The molecule has 98 valence electrons. The van der Waals surface area contributed by atoms with Crippen LogP contribution in [-0.4, -0.2) is 17.5 Å². The zero-order valence-electron chi connectivity index (χ0n) is 7.79. The molecule has 11 heteroatoms. The second-order valence-electron chi connectivity index (χ2n) is 2.41. The minimum atomic E-state index is -4.67. The highest BCUT2D eigenvalue weighted by molar-refractivity contribution is 7.79. The van der Waals surface area contributed by atoms with Gasteiger partial charge in [0.15, 0.2) is 0 Å². The van der Waals surface area contributed by atoms with Crippen molar-refractivity contribution in [3.63, 3.8) is 0 Å². The fraction of sp³-hybridized carbons (Fsp3) is 0. The molecule has 0 saturated carbocycles. The van der Waals surface area contributed by atoms with Crippen molar-refractivity contribution in [2.75, 3.05) is 5.43 Å². The van der Waals surface area contributed by atoms with Gasteiger partial charge in [0, 0.05) is 0 Å². The van der Waals surface area contributed by atoms with Crippen LogP contribution in [0.2, 0.25) is 15.1 Å². The summed E-state index contributed by atoms with van der Waals surface area (Å²) in [5, 5.41) is 1.26. The summed E-state index contributed by atoms with van der Waals surface area (Å²) in [6.45, 7) is 0. The standard InChI is InChI=1S/C6H4Cl4N2.H2O4S/c7-3-1-5(9)6(11-12-10)2-4(3)8;1-5(2,3)4/h1-2,11-12H;(H2,1,2,3,4). The molecule has 6 nitrogen and oxygen atoms in total. The Balaban J connectivity index is 0.000000437. The van der Waals surface area contributed by atoms with Gasteiger partial charge in [-0.15, -0.1) is 4.94 Å². The molecule has 0 amide bonds. The van der Waals surface area contributed by atoms with Crippen LogP contribution in [0.15, 0.2) is 12.1 Å². The fourth-order valence-corrected chi connectivity index (χ4v) is 1.37. The molecule has 0 heterocycles. The van der Waals surface area contributed by atoms with Crippen molar-refractivity contribution in [3.05, 3.63) is 27.2 Å². The van der Waals surface area contributed by atoms with Crippen LogP contribution in [0.25, 0.3) is 0 Å². The maximum atomic E-state index is 8.74. The lowest BCUT2D eigenvalue weighted by atomic mass is 10.3. The van der Waals surface area contributed by atoms with E-state index in [0.717, 1.165) is 0 Å². The van der Waals surface area contributed by atoms with E-state index >= 15 is 0 Å². The summed E-state index contributed by atoms with van der Waals surface area (Å²) in [7, 11) is -4.67. The summed E-state index contributed by atoms with van der Waals surface area (Å²) < 4.78 is 31.6. The van der Waals surface area contributed by atoms with Crippen molar-refractivity contribution in [2.45, 2.75) is 0 Å². The van der Waals surface area contributed by atoms with Crippen LogP contribution in [0.3, 0.4) is 0 Å². The van der Waals surface area contributed by atoms with E-state index in [0.29, 0.717) is 20.8 Å². The molecule has 0 bridgehead atoms. The summed E-state index contributed by atoms with van der Waals surface area (Å²) in [6, 6.07) is 3.10. The molecule has 0 unspecified atom stereocenters. The molecule has 1 aromatic rings. The molecular weight excluding hydrogens is 338 g/mol. The summed E-state index contributed by atoms with van der Waals surface area (Å²) >= 11 is 22.4. The predicted molar refractivity (Wildman–Crippen MR) is 68.3 cm³/mol. The van der Waals surface area contributed by atoms with Crippen molar-refractivity contribution < 1.29 is 17.5 Å². The van der Waals surface area contributed by atoms with Crippen LogP contribution in [0.1, 0.15) is 0 Å². The second-order valence-corrected chi connectivity index (χ2v) is 4.72. The fourth-order valence-electron chi connectivity index (χ4n) is 0.669. The Kier molecular flexibility index (Phi) is 7.45. The minimum Gasteiger partial charge on any atom is -0.306 e. The van der Waals surface area contributed by atoms with E-state index in [1.807, 2.05) is 0 Å². The number of halogens is 4. The van der Waals surface area contributed by atoms with Gasteiger partial charge in [-0.25, -0.2) is 0 Å². The van der Waals surface area contributed by atoms with E-state index < -0.39 is 10.4 Å². The quantitative estimate of drug-likeness (QED) is 0.285. The number of hydrogen-bond acceptors (Lipinski definition) is 4. The van der Waals surface area contributed by atoms with Gasteiger partial charge in [0.1, 0.15) is 0 Å². The molecule has 17 heavy (non-hydrogen) atoms. The highest BCUT2D eigenvalue weighted by atomic mass is 35.5. The molecule has 0 radical (unpaired) electrons.